The van der Waals surface area contributed by atoms with E-state index in [9.17, 15) is 13.6 Å². The van der Waals surface area contributed by atoms with E-state index < -0.39 is 11.6 Å². The summed E-state index contributed by atoms with van der Waals surface area (Å²) < 4.78 is 25.9. The van der Waals surface area contributed by atoms with Crippen molar-refractivity contribution in [1.82, 2.24) is 0 Å². The van der Waals surface area contributed by atoms with Gasteiger partial charge in [0.1, 0.15) is 0 Å². The lowest BCUT2D eigenvalue weighted by atomic mass is 10.1. The Labute approximate surface area is 115 Å². The SMILES string of the molecule is CC(=CC(=O)c1ccc(F)c(F)c1)Nc1ccccc1. The molecule has 0 aliphatic rings. The van der Waals surface area contributed by atoms with Crippen molar-refractivity contribution >= 4 is 11.5 Å². The van der Waals surface area contributed by atoms with E-state index in [1.54, 1.807) is 6.92 Å². The molecule has 0 aliphatic heterocycles. The van der Waals surface area contributed by atoms with Gasteiger partial charge in [0, 0.05) is 23.0 Å². The van der Waals surface area contributed by atoms with Crippen molar-refractivity contribution in [2.45, 2.75) is 6.92 Å². The number of nitrogens with one attached hydrogen (secondary N) is 1. The molecule has 2 aromatic rings. The molecule has 0 aromatic heterocycles. The lowest BCUT2D eigenvalue weighted by Gasteiger charge is -2.06. The molecule has 0 saturated heterocycles. The molecule has 2 aromatic carbocycles. The fourth-order valence-electron chi connectivity index (χ4n) is 1.71. The maximum absolute atomic E-state index is 13.1. The topological polar surface area (TPSA) is 29.1 Å². The van der Waals surface area contributed by atoms with Gasteiger partial charge in [0.2, 0.25) is 0 Å². The van der Waals surface area contributed by atoms with Gasteiger partial charge < -0.3 is 5.32 Å². The molecule has 0 spiro atoms. The van der Waals surface area contributed by atoms with Crippen LogP contribution in [0, 0.1) is 11.6 Å². The largest absolute Gasteiger partial charge is 0.359 e. The van der Waals surface area contributed by atoms with E-state index in [-0.39, 0.29) is 11.3 Å². The minimum Gasteiger partial charge on any atom is -0.359 e. The second kappa shape index (κ2) is 6.10. The molecule has 0 aliphatic carbocycles. The van der Waals surface area contributed by atoms with E-state index in [0.29, 0.717) is 5.70 Å². The number of allylic oxidation sites excluding steroid dienone is 2. The summed E-state index contributed by atoms with van der Waals surface area (Å²) in [5.74, 6) is -2.38. The third kappa shape index (κ3) is 3.51. The van der Waals surface area contributed by atoms with Gasteiger partial charge in [0.05, 0.1) is 0 Å². The second-order valence-corrected chi connectivity index (χ2v) is 4.31. The molecule has 2 rings (SSSR count). The number of anilines is 1. The summed E-state index contributed by atoms with van der Waals surface area (Å²) in [6, 6.07) is 12.4. The molecule has 0 unspecified atom stereocenters. The van der Waals surface area contributed by atoms with Gasteiger partial charge >= 0.3 is 0 Å². The first-order chi connectivity index (χ1) is 9.56. The zero-order valence-electron chi connectivity index (χ0n) is 10.9. The van der Waals surface area contributed by atoms with Crippen LogP contribution < -0.4 is 5.32 Å². The summed E-state index contributed by atoms with van der Waals surface area (Å²) in [5.41, 5.74) is 1.57. The third-order valence-electron chi connectivity index (χ3n) is 2.67. The van der Waals surface area contributed by atoms with Crippen molar-refractivity contribution in [3.63, 3.8) is 0 Å². The highest BCUT2D eigenvalue weighted by molar-refractivity contribution is 6.05. The van der Waals surface area contributed by atoms with E-state index in [4.69, 9.17) is 0 Å². The summed E-state index contributed by atoms with van der Waals surface area (Å²) >= 11 is 0. The van der Waals surface area contributed by atoms with Crippen LogP contribution in [0.15, 0.2) is 60.3 Å². The van der Waals surface area contributed by atoms with Crippen LogP contribution in [0.25, 0.3) is 0 Å². The molecule has 102 valence electrons. The van der Waals surface area contributed by atoms with Gasteiger partial charge in [-0.3, -0.25) is 4.79 Å². The molecule has 0 heterocycles. The number of carbonyl (C=O) groups excluding carboxylic acids is 1. The Bertz CT molecular complexity index is 651. The van der Waals surface area contributed by atoms with Crippen LogP contribution in [0.1, 0.15) is 17.3 Å². The average molecular weight is 273 g/mol. The molecule has 0 radical (unpaired) electrons. The van der Waals surface area contributed by atoms with Crippen molar-refractivity contribution < 1.29 is 13.6 Å². The second-order valence-electron chi connectivity index (χ2n) is 4.31. The summed E-state index contributed by atoms with van der Waals surface area (Å²) in [4.78, 5) is 11.9. The molecule has 0 amide bonds. The molecule has 0 saturated carbocycles. The Kier molecular flexibility index (Phi) is 4.25. The highest BCUT2D eigenvalue weighted by Gasteiger charge is 2.08. The van der Waals surface area contributed by atoms with Gasteiger partial charge in [-0.05, 0) is 37.3 Å². The number of ketones is 1. The van der Waals surface area contributed by atoms with Crippen LogP contribution >= 0.6 is 0 Å². The van der Waals surface area contributed by atoms with Gasteiger partial charge in [-0.2, -0.15) is 0 Å². The van der Waals surface area contributed by atoms with Gasteiger partial charge in [-0.1, -0.05) is 18.2 Å². The maximum atomic E-state index is 13.1. The predicted octanol–water partition coefficient (Wildman–Crippen LogP) is 4.16. The van der Waals surface area contributed by atoms with E-state index in [1.165, 1.54) is 12.1 Å². The molecule has 0 bridgehead atoms. The normalized spacial score (nSPS) is 11.2. The zero-order chi connectivity index (χ0) is 14.5. The molecular formula is C16H13F2NO. The van der Waals surface area contributed by atoms with Crippen LogP contribution in [0.3, 0.4) is 0 Å². The number of rotatable bonds is 4. The number of hydrogen-bond donors (Lipinski definition) is 1. The Morgan fingerprint density at radius 1 is 1.05 bits per heavy atom. The molecule has 4 heteroatoms. The maximum Gasteiger partial charge on any atom is 0.187 e. The zero-order valence-corrected chi connectivity index (χ0v) is 10.9. The van der Waals surface area contributed by atoms with Crippen molar-refractivity contribution in [1.29, 1.82) is 0 Å². The van der Waals surface area contributed by atoms with Crippen molar-refractivity contribution in [3.8, 4) is 0 Å². The Hall–Kier alpha value is -2.49. The number of halogens is 2. The first kappa shape index (κ1) is 13.9. The van der Waals surface area contributed by atoms with Gasteiger partial charge in [0.25, 0.3) is 0 Å². The van der Waals surface area contributed by atoms with Crippen LogP contribution in [0.2, 0.25) is 0 Å². The summed E-state index contributed by atoms with van der Waals surface area (Å²) in [5, 5.41) is 3.04. The summed E-state index contributed by atoms with van der Waals surface area (Å²) in [6.45, 7) is 1.73. The van der Waals surface area contributed by atoms with E-state index in [1.807, 2.05) is 30.3 Å². The molecule has 1 N–H and O–H groups in total. The average Bonchev–Trinajstić information content (AvgIpc) is 2.42. The fraction of sp³-hybridized carbons (Fsp3) is 0.0625. The number of para-hydroxylation sites is 1. The monoisotopic (exact) mass is 273 g/mol. The fourth-order valence-corrected chi connectivity index (χ4v) is 1.71. The first-order valence-electron chi connectivity index (χ1n) is 6.06. The van der Waals surface area contributed by atoms with Gasteiger partial charge in [-0.15, -0.1) is 0 Å². The van der Waals surface area contributed by atoms with Gasteiger partial charge in [0.15, 0.2) is 17.4 Å². The third-order valence-corrected chi connectivity index (χ3v) is 2.67. The van der Waals surface area contributed by atoms with E-state index in [0.717, 1.165) is 17.8 Å². The lowest BCUT2D eigenvalue weighted by molar-refractivity contribution is 0.104. The van der Waals surface area contributed by atoms with Crippen molar-refractivity contribution in [2.24, 2.45) is 0 Å². The Morgan fingerprint density at radius 3 is 2.40 bits per heavy atom. The molecular weight excluding hydrogens is 260 g/mol. The standard InChI is InChI=1S/C16H13F2NO/c1-11(19-13-5-3-2-4-6-13)9-16(20)12-7-8-14(17)15(18)10-12/h2-10,19H,1H3. The van der Waals surface area contributed by atoms with E-state index >= 15 is 0 Å². The van der Waals surface area contributed by atoms with Crippen LogP contribution in [-0.2, 0) is 0 Å². The lowest BCUT2D eigenvalue weighted by Crippen LogP contribution is -2.02. The summed E-state index contributed by atoms with van der Waals surface area (Å²) in [7, 11) is 0. The highest BCUT2D eigenvalue weighted by atomic mass is 19.2. The summed E-state index contributed by atoms with van der Waals surface area (Å²) in [6.07, 6.45) is 1.35. The molecule has 20 heavy (non-hydrogen) atoms. The van der Waals surface area contributed by atoms with Gasteiger partial charge in [-0.25, -0.2) is 8.78 Å². The number of benzene rings is 2. The van der Waals surface area contributed by atoms with Crippen LogP contribution in [0.5, 0.6) is 0 Å². The highest BCUT2D eigenvalue weighted by Crippen LogP contribution is 2.12. The number of hydrogen-bond acceptors (Lipinski definition) is 2. The molecule has 0 fully saturated rings. The Balaban J connectivity index is 2.13. The first-order valence-corrected chi connectivity index (χ1v) is 6.06. The van der Waals surface area contributed by atoms with E-state index in [2.05, 4.69) is 5.32 Å². The molecule has 2 nitrogen and oxygen atoms in total. The molecule has 0 atom stereocenters. The minimum atomic E-state index is -1.03. The smallest absolute Gasteiger partial charge is 0.187 e. The number of carbonyl (C=O) groups is 1. The van der Waals surface area contributed by atoms with Crippen LogP contribution in [-0.4, -0.2) is 5.78 Å². The predicted molar refractivity (Wildman–Crippen MR) is 74.5 cm³/mol. The quantitative estimate of drug-likeness (QED) is 0.669. The van der Waals surface area contributed by atoms with Crippen molar-refractivity contribution in [3.05, 3.63) is 77.5 Å². The Morgan fingerprint density at radius 2 is 1.75 bits per heavy atom. The van der Waals surface area contributed by atoms with Crippen LogP contribution in [0.4, 0.5) is 14.5 Å². The van der Waals surface area contributed by atoms with Crippen molar-refractivity contribution in [2.75, 3.05) is 5.32 Å². The minimum absolute atomic E-state index is 0.109.